The Bertz CT molecular complexity index is 253. The van der Waals surface area contributed by atoms with E-state index >= 15 is 0 Å². The van der Waals surface area contributed by atoms with Crippen molar-refractivity contribution in [2.75, 3.05) is 19.6 Å². The van der Waals surface area contributed by atoms with Gasteiger partial charge in [0.15, 0.2) is 0 Å². The largest absolute Gasteiger partial charge is 0.301 e. The van der Waals surface area contributed by atoms with Crippen molar-refractivity contribution in [2.45, 2.75) is 54.6 Å². The zero-order valence-corrected chi connectivity index (χ0v) is 12.0. The van der Waals surface area contributed by atoms with Crippen LogP contribution >= 0.6 is 11.8 Å². The molecule has 0 saturated carbocycles. The highest BCUT2D eigenvalue weighted by Gasteiger charge is 2.32. The van der Waals surface area contributed by atoms with Gasteiger partial charge in [0.05, 0.1) is 4.58 Å². The maximum absolute atomic E-state index is 12.2. The highest BCUT2D eigenvalue weighted by atomic mass is 32.2. The van der Waals surface area contributed by atoms with Gasteiger partial charge in [0.2, 0.25) is 0 Å². The van der Waals surface area contributed by atoms with Crippen molar-refractivity contribution >= 4 is 22.6 Å². The molecular formula is C12H23NOS2. The number of likely N-dealkylation sites (tertiary alicyclic amines) is 1. The number of hydrogen-bond acceptors (Lipinski definition) is 3. The Balaban J connectivity index is 1.89. The van der Waals surface area contributed by atoms with Crippen molar-refractivity contribution in [1.82, 2.24) is 4.90 Å². The monoisotopic (exact) mass is 261 g/mol. The fourth-order valence-electron chi connectivity index (χ4n) is 2.66. The van der Waals surface area contributed by atoms with E-state index in [0.29, 0.717) is 15.1 Å². The molecule has 0 spiro atoms. The van der Waals surface area contributed by atoms with E-state index in [4.69, 9.17) is 0 Å². The van der Waals surface area contributed by atoms with Crippen molar-refractivity contribution in [1.29, 1.82) is 0 Å². The Hall–Kier alpha value is 0.460. The predicted octanol–water partition coefficient (Wildman–Crippen LogP) is 2.46. The first-order valence-corrected chi connectivity index (χ1v) is 8.66. The number of nitrogens with zero attached hydrogens (tertiary/aromatic N) is 1. The van der Waals surface area contributed by atoms with Crippen LogP contribution in [0.1, 0.15) is 39.5 Å². The molecule has 0 radical (unpaired) electrons. The van der Waals surface area contributed by atoms with Crippen LogP contribution < -0.4 is 0 Å². The second-order valence-corrected chi connectivity index (χ2v) is 9.09. The van der Waals surface area contributed by atoms with Gasteiger partial charge in [-0.1, -0.05) is 20.3 Å². The molecule has 2 nitrogen and oxygen atoms in total. The summed E-state index contributed by atoms with van der Waals surface area (Å²) in [5.74, 6) is 0. The van der Waals surface area contributed by atoms with Crippen LogP contribution in [0.5, 0.6) is 0 Å². The molecule has 2 aliphatic rings. The molecule has 0 amide bonds. The van der Waals surface area contributed by atoms with E-state index in [0.717, 1.165) is 13.0 Å². The molecule has 0 aromatic rings. The molecule has 1 unspecified atom stereocenters. The van der Waals surface area contributed by atoms with Gasteiger partial charge in [-0.3, -0.25) is 4.21 Å². The molecule has 0 N–H and O–H groups in total. The van der Waals surface area contributed by atoms with Gasteiger partial charge in [0.25, 0.3) is 0 Å². The third-order valence-corrected chi connectivity index (χ3v) is 7.22. The number of hydrogen-bond donors (Lipinski definition) is 0. The lowest BCUT2D eigenvalue weighted by Crippen LogP contribution is -2.41. The summed E-state index contributed by atoms with van der Waals surface area (Å²) in [6, 6.07) is 0. The highest BCUT2D eigenvalue weighted by molar-refractivity contribution is 8.12. The molecule has 2 rings (SSSR count). The van der Waals surface area contributed by atoms with E-state index in [1.165, 1.54) is 32.4 Å². The van der Waals surface area contributed by atoms with Crippen molar-refractivity contribution < 1.29 is 4.21 Å². The first kappa shape index (κ1) is 12.9. The van der Waals surface area contributed by atoms with E-state index in [-0.39, 0.29) is 0 Å². The molecule has 0 aromatic carbocycles. The molecule has 0 bridgehead atoms. The molecule has 2 aliphatic heterocycles. The standard InChI is InChI=1S/C12H23NOS2/c1-10-8-11(2)16(14)12(15-10)9-13-6-4-3-5-7-13/h10-12H,3-9H2,1-2H3/t10-,11+,12+,16?/m1/s1. The topological polar surface area (TPSA) is 20.3 Å². The SMILES string of the molecule is C[C@@H]1C[C@H](C)S(=O)[C@@H](CN2CCCCC2)S1. The first-order chi connectivity index (χ1) is 7.66. The van der Waals surface area contributed by atoms with Gasteiger partial charge in [-0.25, -0.2) is 0 Å². The summed E-state index contributed by atoms with van der Waals surface area (Å²) in [5, 5.41) is 1.08. The van der Waals surface area contributed by atoms with Crippen LogP contribution in [0.25, 0.3) is 0 Å². The molecule has 2 fully saturated rings. The van der Waals surface area contributed by atoms with Crippen LogP contribution in [0.4, 0.5) is 0 Å². The molecule has 0 aliphatic carbocycles. The van der Waals surface area contributed by atoms with Gasteiger partial charge in [-0.05, 0) is 32.4 Å². The molecule has 4 heteroatoms. The number of piperidine rings is 1. The van der Waals surface area contributed by atoms with E-state index in [2.05, 4.69) is 18.7 Å². The Morgan fingerprint density at radius 3 is 2.62 bits per heavy atom. The third kappa shape index (κ3) is 3.23. The lowest BCUT2D eigenvalue weighted by molar-refractivity contribution is 0.238. The van der Waals surface area contributed by atoms with Crippen molar-refractivity contribution in [2.24, 2.45) is 0 Å². The first-order valence-electron chi connectivity index (χ1n) is 6.44. The summed E-state index contributed by atoms with van der Waals surface area (Å²) in [6.07, 6.45) is 5.15. The van der Waals surface area contributed by atoms with E-state index in [1.54, 1.807) is 0 Å². The van der Waals surface area contributed by atoms with E-state index < -0.39 is 10.8 Å². The average molecular weight is 261 g/mol. The molecule has 94 valence electrons. The molecule has 0 aromatic heterocycles. The molecular weight excluding hydrogens is 238 g/mol. The van der Waals surface area contributed by atoms with Gasteiger partial charge in [0, 0.05) is 27.8 Å². The molecule has 2 heterocycles. The van der Waals surface area contributed by atoms with Crippen molar-refractivity contribution in [3.63, 3.8) is 0 Å². The van der Waals surface area contributed by atoms with Gasteiger partial charge in [-0.2, -0.15) is 0 Å². The second-order valence-electron chi connectivity index (χ2n) is 5.11. The Labute approximate surface area is 106 Å². The quantitative estimate of drug-likeness (QED) is 0.761. The lowest BCUT2D eigenvalue weighted by Gasteiger charge is -2.35. The lowest BCUT2D eigenvalue weighted by atomic mass is 10.1. The highest BCUT2D eigenvalue weighted by Crippen LogP contribution is 2.33. The van der Waals surface area contributed by atoms with Crippen LogP contribution in [-0.4, -0.2) is 43.8 Å². The van der Waals surface area contributed by atoms with Crippen LogP contribution in [0, 0.1) is 0 Å². The number of rotatable bonds is 2. The fourth-order valence-corrected chi connectivity index (χ4v) is 6.93. The molecule has 16 heavy (non-hydrogen) atoms. The minimum absolute atomic E-state index is 0.358. The molecule has 2 saturated heterocycles. The second kappa shape index (κ2) is 5.87. The summed E-state index contributed by atoms with van der Waals surface area (Å²) in [7, 11) is -0.624. The minimum atomic E-state index is -0.624. The van der Waals surface area contributed by atoms with Crippen LogP contribution in [0.3, 0.4) is 0 Å². The zero-order chi connectivity index (χ0) is 11.5. The Morgan fingerprint density at radius 1 is 1.25 bits per heavy atom. The maximum atomic E-state index is 12.2. The Kier molecular flexibility index (Phi) is 4.74. The van der Waals surface area contributed by atoms with Gasteiger partial charge < -0.3 is 4.90 Å². The average Bonchev–Trinajstić information content (AvgIpc) is 2.27. The molecule has 4 atom stereocenters. The van der Waals surface area contributed by atoms with Crippen LogP contribution in [0.2, 0.25) is 0 Å². The van der Waals surface area contributed by atoms with Crippen molar-refractivity contribution in [3.8, 4) is 0 Å². The van der Waals surface area contributed by atoms with E-state index in [1.807, 2.05) is 11.8 Å². The Morgan fingerprint density at radius 2 is 1.94 bits per heavy atom. The third-order valence-electron chi connectivity index (χ3n) is 3.56. The smallest absolute Gasteiger partial charge is 0.0933 e. The number of thioether (sulfide) groups is 1. The normalized spacial score (nSPS) is 42.1. The summed E-state index contributed by atoms with van der Waals surface area (Å²) in [4.78, 5) is 2.52. The predicted molar refractivity (Wildman–Crippen MR) is 73.4 cm³/mol. The van der Waals surface area contributed by atoms with Crippen molar-refractivity contribution in [3.05, 3.63) is 0 Å². The van der Waals surface area contributed by atoms with Gasteiger partial charge in [0.1, 0.15) is 0 Å². The fraction of sp³-hybridized carbons (Fsp3) is 1.00. The summed E-state index contributed by atoms with van der Waals surface area (Å²) in [6.45, 7) is 7.91. The van der Waals surface area contributed by atoms with E-state index in [9.17, 15) is 4.21 Å². The van der Waals surface area contributed by atoms with Gasteiger partial charge >= 0.3 is 0 Å². The van der Waals surface area contributed by atoms with Crippen LogP contribution in [-0.2, 0) is 10.8 Å². The summed E-state index contributed by atoms with van der Waals surface area (Å²) < 4.78 is 12.6. The summed E-state index contributed by atoms with van der Waals surface area (Å²) in [5.41, 5.74) is 0. The van der Waals surface area contributed by atoms with Gasteiger partial charge in [-0.15, -0.1) is 11.8 Å². The zero-order valence-electron chi connectivity index (χ0n) is 10.4. The summed E-state index contributed by atoms with van der Waals surface area (Å²) >= 11 is 1.95. The maximum Gasteiger partial charge on any atom is 0.0933 e. The van der Waals surface area contributed by atoms with Crippen LogP contribution in [0.15, 0.2) is 0 Å². The minimum Gasteiger partial charge on any atom is -0.301 e.